The molecule has 0 atom stereocenters. The first-order valence-electron chi connectivity index (χ1n) is 8.05. The maximum absolute atomic E-state index is 12.2. The van der Waals surface area contributed by atoms with E-state index in [9.17, 15) is 4.79 Å². The summed E-state index contributed by atoms with van der Waals surface area (Å²) < 4.78 is 21.3. The van der Waals surface area contributed by atoms with E-state index < -0.39 is 0 Å². The largest absolute Gasteiger partial charge is 0.493 e. The number of carbonyl (C=O) groups is 1. The Kier molecular flexibility index (Phi) is 4.97. The second kappa shape index (κ2) is 7.35. The van der Waals surface area contributed by atoms with E-state index in [4.69, 9.17) is 18.4 Å². The average molecular weight is 356 g/mol. The van der Waals surface area contributed by atoms with E-state index in [-0.39, 0.29) is 12.5 Å². The summed E-state index contributed by atoms with van der Waals surface area (Å²) in [5.74, 6) is 2.88. The van der Waals surface area contributed by atoms with Crippen molar-refractivity contribution >= 4 is 5.91 Å². The molecule has 0 radical (unpaired) electrons. The molecule has 0 aliphatic carbocycles. The number of aromatic nitrogens is 1. The molecule has 0 saturated heterocycles. The van der Waals surface area contributed by atoms with E-state index in [1.54, 1.807) is 52.3 Å². The second-order valence-corrected chi connectivity index (χ2v) is 5.76. The highest BCUT2D eigenvalue weighted by Gasteiger charge is 2.15. The van der Waals surface area contributed by atoms with Crippen molar-refractivity contribution in [2.45, 2.75) is 20.4 Å². The van der Waals surface area contributed by atoms with Crippen LogP contribution in [0, 0.1) is 13.8 Å². The molecule has 0 aliphatic rings. The summed E-state index contributed by atoms with van der Waals surface area (Å²) in [6.07, 6.45) is 0. The highest BCUT2D eigenvalue weighted by atomic mass is 16.5. The quantitative estimate of drug-likeness (QED) is 0.727. The third-order valence-corrected chi connectivity index (χ3v) is 3.94. The average Bonchev–Trinajstić information content (AvgIpc) is 3.25. The number of nitrogens with one attached hydrogen (secondary N) is 1. The van der Waals surface area contributed by atoms with Gasteiger partial charge in [-0.05, 0) is 38.1 Å². The zero-order valence-electron chi connectivity index (χ0n) is 15.1. The van der Waals surface area contributed by atoms with Crippen LogP contribution in [0.2, 0.25) is 0 Å². The molecule has 0 spiro atoms. The van der Waals surface area contributed by atoms with E-state index >= 15 is 0 Å². The number of hydrogen-bond donors (Lipinski definition) is 1. The highest BCUT2D eigenvalue weighted by Crippen LogP contribution is 2.32. The Morgan fingerprint density at radius 3 is 2.54 bits per heavy atom. The topological polar surface area (TPSA) is 86.7 Å². The fraction of sp³-hybridized carbons (Fsp3) is 0.263. The van der Waals surface area contributed by atoms with E-state index in [0.717, 1.165) is 5.56 Å². The molecule has 0 aliphatic heterocycles. The molecule has 3 rings (SSSR count). The first kappa shape index (κ1) is 17.6. The molecule has 136 valence electrons. The summed E-state index contributed by atoms with van der Waals surface area (Å²) in [5.41, 5.74) is 1.93. The molecule has 1 amide bonds. The number of methoxy groups -OCH3 is 2. The van der Waals surface area contributed by atoms with Crippen LogP contribution in [-0.4, -0.2) is 25.3 Å². The number of ether oxygens (including phenoxy) is 2. The first-order chi connectivity index (χ1) is 12.5. The van der Waals surface area contributed by atoms with Gasteiger partial charge in [-0.15, -0.1) is 0 Å². The van der Waals surface area contributed by atoms with Crippen molar-refractivity contribution in [1.29, 1.82) is 0 Å². The van der Waals surface area contributed by atoms with Gasteiger partial charge in [-0.1, -0.05) is 5.16 Å². The van der Waals surface area contributed by atoms with Crippen molar-refractivity contribution in [1.82, 2.24) is 10.5 Å². The summed E-state index contributed by atoms with van der Waals surface area (Å²) >= 11 is 0. The maximum Gasteiger partial charge on any atom is 0.255 e. The van der Waals surface area contributed by atoms with E-state index in [0.29, 0.717) is 40.0 Å². The molecule has 2 heterocycles. The van der Waals surface area contributed by atoms with Gasteiger partial charge in [-0.2, -0.15) is 0 Å². The predicted octanol–water partition coefficient (Wildman–Crippen LogP) is 3.50. The molecule has 0 saturated carbocycles. The number of amides is 1. The Morgan fingerprint density at radius 1 is 1.12 bits per heavy atom. The van der Waals surface area contributed by atoms with Crippen LogP contribution in [0.1, 0.15) is 27.6 Å². The summed E-state index contributed by atoms with van der Waals surface area (Å²) in [5, 5.41) is 6.81. The molecule has 2 aromatic heterocycles. The van der Waals surface area contributed by atoms with Gasteiger partial charge < -0.3 is 23.7 Å². The summed E-state index contributed by atoms with van der Waals surface area (Å²) in [4.78, 5) is 12.2. The van der Waals surface area contributed by atoms with E-state index in [1.807, 2.05) is 6.07 Å². The summed E-state index contributed by atoms with van der Waals surface area (Å²) in [7, 11) is 3.15. The van der Waals surface area contributed by atoms with E-state index in [2.05, 4.69) is 10.5 Å². The zero-order valence-corrected chi connectivity index (χ0v) is 15.1. The number of carbonyl (C=O) groups excluding carboxylic acids is 1. The van der Waals surface area contributed by atoms with Crippen LogP contribution in [-0.2, 0) is 6.54 Å². The minimum absolute atomic E-state index is 0.213. The van der Waals surface area contributed by atoms with Gasteiger partial charge in [0.05, 0.1) is 26.3 Å². The number of aryl methyl sites for hydroxylation is 2. The lowest BCUT2D eigenvalue weighted by Gasteiger charge is -2.07. The van der Waals surface area contributed by atoms with Crippen molar-refractivity contribution in [3.05, 3.63) is 53.1 Å². The number of hydrogen-bond acceptors (Lipinski definition) is 6. The van der Waals surface area contributed by atoms with Gasteiger partial charge in [0, 0.05) is 11.6 Å². The highest BCUT2D eigenvalue weighted by molar-refractivity contribution is 5.95. The van der Waals surface area contributed by atoms with Gasteiger partial charge in [0.15, 0.2) is 17.3 Å². The monoisotopic (exact) mass is 356 g/mol. The Morgan fingerprint density at radius 2 is 1.88 bits per heavy atom. The first-order valence-corrected chi connectivity index (χ1v) is 8.05. The van der Waals surface area contributed by atoms with Gasteiger partial charge in [0.2, 0.25) is 0 Å². The Labute approximate surface area is 150 Å². The molecule has 1 N–H and O–H groups in total. The Bertz CT molecular complexity index is 926. The molecular formula is C19H20N2O5. The minimum Gasteiger partial charge on any atom is -0.493 e. The number of benzene rings is 1. The lowest BCUT2D eigenvalue weighted by atomic mass is 10.1. The van der Waals surface area contributed by atoms with Crippen molar-refractivity contribution in [2.75, 3.05) is 14.2 Å². The van der Waals surface area contributed by atoms with Gasteiger partial charge in [-0.25, -0.2) is 0 Å². The summed E-state index contributed by atoms with van der Waals surface area (Å²) in [6.45, 7) is 3.81. The van der Waals surface area contributed by atoms with E-state index in [1.165, 1.54) is 0 Å². The molecular weight excluding hydrogens is 336 g/mol. The lowest BCUT2D eigenvalue weighted by Crippen LogP contribution is -2.23. The molecule has 26 heavy (non-hydrogen) atoms. The Hall–Kier alpha value is -3.22. The molecule has 0 fully saturated rings. The SMILES string of the molecule is COc1ccc(-c2cc(CNC(=O)c3cc(C)oc3C)no2)cc1OC. The van der Waals surface area contributed by atoms with Crippen LogP contribution >= 0.6 is 0 Å². The van der Waals surface area contributed by atoms with Gasteiger partial charge in [0.1, 0.15) is 17.2 Å². The van der Waals surface area contributed by atoms with Gasteiger partial charge in [-0.3, -0.25) is 4.79 Å². The van der Waals surface area contributed by atoms with Crippen LogP contribution in [0.4, 0.5) is 0 Å². The van der Waals surface area contributed by atoms with Crippen molar-refractivity contribution in [2.24, 2.45) is 0 Å². The fourth-order valence-electron chi connectivity index (χ4n) is 2.64. The molecule has 1 aromatic carbocycles. The smallest absolute Gasteiger partial charge is 0.255 e. The van der Waals surface area contributed by atoms with Gasteiger partial charge in [0.25, 0.3) is 5.91 Å². The molecule has 0 unspecified atom stereocenters. The van der Waals surface area contributed by atoms with Crippen LogP contribution in [0.3, 0.4) is 0 Å². The summed E-state index contributed by atoms with van der Waals surface area (Å²) in [6, 6.07) is 8.93. The van der Waals surface area contributed by atoms with Crippen molar-refractivity contribution in [3.63, 3.8) is 0 Å². The third-order valence-electron chi connectivity index (χ3n) is 3.94. The van der Waals surface area contributed by atoms with Gasteiger partial charge >= 0.3 is 0 Å². The Balaban J connectivity index is 1.70. The van der Waals surface area contributed by atoms with Crippen LogP contribution in [0.15, 0.2) is 39.3 Å². The normalized spacial score (nSPS) is 10.6. The van der Waals surface area contributed by atoms with Crippen LogP contribution in [0.5, 0.6) is 11.5 Å². The van der Waals surface area contributed by atoms with Crippen LogP contribution in [0.25, 0.3) is 11.3 Å². The minimum atomic E-state index is -0.213. The zero-order chi connectivity index (χ0) is 18.7. The predicted molar refractivity (Wildman–Crippen MR) is 94.4 cm³/mol. The standard InChI is InChI=1S/C19H20N2O5/c1-11-7-15(12(2)25-11)19(22)20-10-14-9-17(26-21-14)13-5-6-16(23-3)18(8-13)24-4/h5-9H,10H2,1-4H3,(H,20,22). The van der Waals surface area contributed by atoms with Crippen molar-refractivity contribution in [3.8, 4) is 22.8 Å². The molecule has 0 bridgehead atoms. The third kappa shape index (κ3) is 3.56. The van der Waals surface area contributed by atoms with Crippen LogP contribution < -0.4 is 14.8 Å². The maximum atomic E-state index is 12.2. The number of rotatable bonds is 6. The molecule has 3 aromatic rings. The lowest BCUT2D eigenvalue weighted by molar-refractivity contribution is 0.0948. The van der Waals surface area contributed by atoms with Crippen molar-refractivity contribution < 1.29 is 23.2 Å². The second-order valence-electron chi connectivity index (χ2n) is 5.76. The number of furan rings is 1. The molecule has 7 nitrogen and oxygen atoms in total. The molecule has 7 heteroatoms. The fourth-order valence-corrected chi connectivity index (χ4v) is 2.64. The number of nitrogens with zero attached hydrogens (tertiary/aromatic N) is 1.